The Morgan fingerprint density at radius 3 is 3.04 bits per heavy atom. The molecule has 3 rings (SSSR count). The minimum atomic E-state index is -0.499. The van der Waals surface area contributed by atoms with Crippen molar-refractivity contribution >= 4 is 11.6 Å². The van der Waals surface area contributed by atoms with Crippen LogP contribution in [-0.2, 0) is 6.42 Å². The quantitative estimate of drug-likeness (QED) is 0.630. The van der Waals surface area contributed by atoms with Gasteiger partial charge < -0.3 is 9.42 Å². The molecule has 0 radical (unpaired) electrons. The molecular formula is C16H18N4O4. The Kier molecular flexibility index (Phi) is 4.54. The molecule has 1 aliphatic heterocycles. The number of nitro groups is 1. The van der Waals surface area contributed by atoms with E-state index < -0.39 is 4.92 Å². The third kappa shape index (κ3) is 3.27. The van der Waals surface area contributed by atoms with Gasteiger partial charge in [-0.25, -0.2) is 0 Å². The van der Waals surface area contributed by atoms with Gasteiger partial charge in [-0.2, -0.15) is 4.98 Å². The van der Waals surface area contributed by atoms with Crippen LogP contribution in [0.25, 0.3) is 0 Å². The van der Waals surface area contributed by atoms with Gasteiger partial charge in [-0.05, 0) is 18.9 Å². The van der Waals surface area contributed by atoms with Gasteiger partial charge in [0.15, 0.2) is 5.82 Å². The maximum absolute atomic E-state index is 12.7. The number of piperidine rings is 1. The molecule has 0 spiro atoms. The summed E-state index contributed by atoms with van der Waals surface area (Å²) in [7, 11) is 0. The number of nitro benzene ring substituents is 1. The van der Waals surface area contributed by atoms with E-state index in [0.717, 1.165) is 12.8 Å². The second-order valence-electron chi connectivity index (χ2n) is 5.80. The molecular weight excluding hydrogens is 312 g/mol. The molecule has 1 atom stereocenters. The fourth-order valence-corrected chi connectivity index (χ4v) is 2.88. The highest BCUT2D eigenvalue weighted by Crippen LogP contribution is 2.26. The van der Waals surface area contributed by atoms with Crippen LogP contribution in [0.2, 0.25) is 0 Å². The van der Waals surface area contributed by atoms with Crippen LogP contribution in [0.15, 0.2) is 28.8 Å². The summed E-state index contributed by atoms with van der Waals surface area (Å²) in [6.45, 7) is 3.05. The van der Waals surface area contributed by atoms with Crippen LogP contribution in [0.1, 0.15) is 47.8 Å². The Morgan fingerprint density at radius 2 is 2.33 bits per heavy atom. The zero-order valence-corrected chi connectivity index (χ0v) is 13.3. The van der Waals surface area contributed by atoms with Gasteiger partial charge in [0, 0.05) is 43.1 Å². The van der Waals surface area contributed by atoms with E-state index in [2.05, 4.69) is 10.1 Å². The lowest BCUT2D eigenvalue weighted by molar-refractivity contribution is -0.384. The lowest BCUT2D eigenvalue weighted by Crippen LogP contribution is -2.39. The monoisotopic (exact) mass is 330 g/mol. The summed E-state index contributed by atoms with van der Waals surface area (Å²) in [5, 5.41) is 14.9. The van der Waals surface area contributed by atoms with Crippen molar-refractivity contribution < 1.29 is 14.2 Å². The third-order valence-electron chi connectivity index (χ3n) is 4.16. The van der Waals surface area contributed by atoms with Crippen molar-refractivity contribution in [2.75, 3.05) is 13.1 Å². The normalized spacial score (nSPS) is 17.7. The van der Waals surface area contributed by atoms with Crippen molar-refractivity contribution in [3.63, 3.8) is 0 Å². The molecule has 0 N–H and O–H groups in total. The number of nitrogens with zero attached hydrogens (tertiary/aromatic N) is 4. The highest BCUT2D eigenvalue weighted by molar-refractivity contribution is 5.94. The van der Waals surface area contributed by atoms with Gasteiger partial charge in [0.05, 0.1) is 4.92 Å². The zero-order valence-electron chi connectivity index (χ0n) is 13.3. The van der Waals surface area contributed by atoms with Gasteiger partial charge in [-0.1, -0.05) is 18.1 Å². The van der Waals surface area contributed by atoms with Crippen LogP contribution in [-0.4, -0.2) is 39.0 Å². The zero-order chi connectivity index (χ0) is 17.1. The Labute approximate surface area is 138 Å². The van der Waals surface area contributed by atoms with Crippen LogP contribution in [0, 0.1) is 10.1 Å². The Bertz CT molecular complexity index is 758. The molecule has 1 aromatic carbocycles. The number of rotatable bonds is 4. The first-order valence-corrected chi connectivity index (χ1v) is 7.94. The Hall–Kier alpha value is -2.77. The summed E-state index contributed by atoms with van der Waals surface area (Å²) < 4.78 is 5.15. The van der Waals surface area contributed by atoms with Crippen LogP contribution in [0.3, 0.4) is 0 Å². The summed E-state index contributed by atoms with van der Waals surface area (Å²) in [6.07, 6.45) is 2.40. The summed E-state index contributed by atoms with van der Waals surface area (Å²) in [4.78, 5) is 29.1. The third-order valence-corrected chi connectivity index (χ3v) is 4.16. The molecule has 0 bridgehead atoms. The Morgan fingerprint density at radius 1 is 1.50 bits per heavy atom. The largest absolute Gasteiger partial charge is 0.339 e. The van der Waals surface area contributed by atoms with Gasteiger partial charge in [-0.3, -0.25) is 14.9 Å². The molecule has 1 aromatic heterocycles. The van der Waals surface area contributed by atoms with Crippen LogP contribution in [0.4, 0.5) is 5.69 Å². The summed E-state index contributed by atoms with van der Waals surface area (Å²) in [5.41, 5.74) is 0.243. The average molecular weight is 330 g/mol. The van der Waals surface area contributed by atoms with Crippen molar-refractivity contribution in [1.29, 1.82) is 0 Å². The second-order valence-corrected chi connectivity index (χ2v) is 5.80. The van der Waals surface area contributed by atoms with E-state index in [0.29, 0.717) is 36.8 Å². The topological polar surface area (TPSA) is 102 Å². The number of aromatic nitrogens is 2. The van der Waals surface area contributed by atoms with E-state index >= 15 is 0 Å². The number of aryl methyl sites for hydroxylation is 1. The van der Waals surface area contributed by atoms with Gasteiger partial charge in [0.1, 0.15) is 0 Å². The number of non-ortho nitro benzene ring substituents is 1. The van der Waals surface area contributed by atoms with Crippen LogP contribution in [0.5, 0.6) is 0 Å². The predicted molar refractivity (Wildman–Crippen MR) is 84.7 cm³/mol. The van der Waals surface area contributed by atoms with Gasteiger partial charge in [-0.15, -0.1) is 0 Å². The number of carbonyl (C=O) groups excluding carboxylic acids is 1. The minimum Gasteiger partial charge on any atom is -0.339 e. The molecule has 0 saturated carbocycles. The van der Waals surface area contributed by atoms with Crippen molar-refractivity contribution in [3.05, 3.63) is 51.7 Å². The van der Waals surface area contributed by atoms with Crippen LogP contribution < -0.4 is 0 Å². The van der Waals surface area contributed by atoms with Gasteiger partial charge in [0.25, 0.3) is 11.6 Å². The highest BCUT2D eigenvalue weighted by Gasteiger charge is 2.28. The van der Waals surface area contributed by atoms with E-state index in [9.17, 15) is 14.9 Å². The first-order valence-electron chi connectivity index (χ1n) is 7.94. The number of carbonyl (C=O) groups is 1. The van der Waals surface area contributed by atoms with E-state index in [-0.39, 0.29) is 17.5 Å². The van der Waals surface area contributed by atoms with Crippen molar-refractivity contribution in [2.24, 2.45) is 0 Å². The standard InChI is InChI=1S/C16H18N4O4/c1-2-14-17-15(18-24-14)12-6-4-8-19(10-12)16(21)11-5-3-7-13(9-11)20(22)23/h3,5,7,9,12H,2,4,6,8,10H2,1H3. The molecule has 1 unspecified atom stereocenters. The summed E-state index contributed by atoms with van der Waals surface area (Å²) in [6, 6.07) is 5.82. The van der Waals surface area contributed by atoms with E-state index in [1.807, 2.05) is 6.92 Å². The first-order chi connectivity index (χ1) is 11.6. The summed E-state index contributed by atoms with van der Waals surface area (Å²) >= 11 is 0. The van der Waals surface area contributed by atoms with Crippen molar-refractivity contribution in [1.82, 2.24) is 15.0 Å². The van der Waals surface area contributed by atoms with Gasteiger partial charge >= 0.3 is 0 Å². The van der Waals surface area contributed by atoms with Crippen LogP contribution >= 0.6 is 0 Å². The minimum absolute atomic E-state index is 0.0328. The Balaban J connectivity index is 1.75. The molecule has 1 amide bonds. The number of likely N-dealkylation sites (tertiary alicyclic amines) is 1. The molecule has 1 fully saturated rings. The number of hydrogen-bond acceptors (Lipinski definition) is 6. The SMILES string of the molecule is CCc1nc(C2CCCN(C(=O)c3cccc([N+](=O)[O-])c3)C2)no1. The van der Waals surface area contributed by atoms with E-state index in [4.69, 9.17) is 4.52 Å². The number of amides is 1. The fourth-order valence-electron chi connectivity index (χ4n) is 2.88. The van der Waals surface area contributed by atoms with E-state index in [1.165, 1.54) is 18.2 Å². The highest BCUT2D eigenvalue weighted by atomic mass is 16.6. The average Bonchev–Trinajstić information content (AvgIpc) is 3.10. The van der Waals surface area contributed by atoms with Gasteiger partial charge in [0.2, 0.25) is 5.89 Å². The lowest BCUT2D eigenvalue weighted by Gasteiger charge is -2.31. The first kappa shape index (κ1) is 16.1. The van der Waals surface area contributed by atoms with E-state index in [1.54, 1.807) is 11.0 Å². The predicted octanol–water partition coefficient (Wildman–Crippen LogP) is 2.56. The number of benzene rings is 1. The molecule has 1 saturated heterocycles. The van der Waals surface area contributed by atoms with Crippen molar-refractivity contribution in [2.45, 2.75) is 32.1 Å². The lowest BCUT2D eigenvalue weighted by atomic mass is 9.96. The molecule has 8 heteroatoms. The molecule has 24 heavy (non-hydrogen) atoms. The maximum Gasteiger partial charge on any atom is 0.270 e. The molecule has 8 nitrogen and oxygen atoms in total. The fraction of sp³-hybridized carbons (Fsp3) is 0.438. The smallest absolute Gasteiger partial charge is 0.270 e. The molecule has 2 heterocycles. The molecule has 0 aliphatic carbocycles. The molecule has 2 aromatic rings. The number of hydrogen-bond donors (Lipinski definition) is 0. The molecule has 1 aliphatic rings. The second kappa shape index (κ2) is 6.77. The van der Waals surface area contributed by atoms with Crippen molar-refractivity contribution in [3.8, 4) is 0 Å². The summed E-state index contributed by atoms with van der Waals surface area (Å²) in [5.74, 6) is 1.04. The maximum atomic E-state index is 12.7. The molecule has 126 valence electrons.